The lowest BCUT2D eigenvalue weighted by molar-refractivity contribution is 0.335. The Kier molecular flexibility index (Phi) is 4.02. The van der Waals surface area contributed by atoms with E-state index in [9.17, 15) is 12.8 Å². The van der Waals surface area contributed by atoms with E-state index in [0.29, 0.717) is 6.54 Å². The molecule has 5 heteroatoms. The average Bonchev–Trinajstić information content (AvgIpc) is 2.84. The predicted molar refractivity (Wildman–Crippen MR) is 68.2 cm³/mol. The van der Waals surface area contributed by atoms with Gasteiger partial charge < -0.3 is 0 Å². The Hall–Kier alpha value is -0.940. The molecule has 1 aromatic carbocycles. The highest BCUT2D eigenvalue weighted by Crippen LogP contribution is 2.28. The zero-order chi connectivity index (χ0) is 13.2. The third kappa shape index (κ3) is 2.57. The van der Waals surface area contributed by atoms with Gasteiger partial charge in [-0.2, -0.15) is 4.31 Å². The van der Waals surface area contributed by atoms with Crippen LogP contribution in [0.3, 0.4) is 0 Å². The fourth-order valence-corrected chi connectivity index (χ4v) is 4.25. The summed E-state index contributed by atoms with van der Waals surface area (Å²) in [5.41, 5.74) is 0. The third-order valence-electron chi connectivity index (χ3n) is 3.46. The average molecular weight is 271 g/mol. The Morgan fingerprint density at radius 3 is 2.28 bits per heavy atom. The lowest BCUT2D eigenvalue weighted by Gasteiger charge is -2.26. The highest BCUT2D eigenvalue weighted by molar-refractivity contribution is 7.89. The largest absolute Gasteiger partial charge is 0.243 e. The van der Waals surface area contributed by atoms with Crippen LogP contribution in [0.15, 0.2) is 29.2 Å². The lowest BCUT2D eigenvalue weighted by atomic mass is 10.2. The molecule has 0 atom stereocenters. The molecule has 0 aromatic heterocycles. The highest BCUT2D eigenvalue weighted by atomic mass is 32.2. The molecule has 0 bridgehead atoms. The molecule has 1 aliphatic carbocycles. The van der Waals surface area contributed by atoms with E-state index in [0.717, 1.165) is 25.7 Å². The summed E-state index contributed by atoms with van der Waals surface area (Å²) >= 11 is 0. The predicted octanol–water partition coefficient (Wildman–Crippen LogP) is 2.78. The molecular weight excluding hydrogens is 253 g/mol. The number of hydrogen-bond donors (Lipinski definition) is 0. The molecule has 100 valence electrons. The van der Waals surface area contributed by atoms with Crippen LogP contribution in [-0.4, -0.2) is 25.3 Å². The first kappa shape index (κ1) is 13.5. The van der Waals surface area contributed by atoms with E-state index in [1.165, 1.54) is 24.3 Å². The second-order valence-electron chi connectivity index (χ2n) is 4.60. The van der Waals surface area contributed by atoms with E-state index in [2.05, 4.69) is 0 Å². The topological polar surface area (TPSA) is 37.4 Å². The molecule has 1 saturated carbocycles. The van der Waals surface area contributed by atoms with Crippen LogP contribution in [0.5, 0.6) is 0 Å². The van der Waals surface area contributed by atoms with Crippen molar-refractivity contribution >= 4 is 10.0 Å². The van der Waals surface area contributed by atoms with Crippen molar-refractivity contribution in [3.05, 3.63) is 30.1 Å². The summed E-state index contributed by atoms with van der Waals surface area (Å²) in [4.78, 5) is 0.178. The van der Waals surface area contributed by atoms with E-state index in [1.54, 1.807) is 4.31 Å². The molecule has 0 N–H and O–H groups in total. The Morgan fingerprint density at radius 2 is 1.78 bits per heavy atom. The second kappa shape index (κ2) is 5.36. The van der Waals surface area contributed by atoms with E-state index >= 15 is 0 Å². The van der Waals surface area contributed by atoms with Crippen molar-refractivity contribution in [2.75, 3.05) is 6.54 Å². The van der Waals surface area contributed by atoms with E-state index in [1.807, 2.05) is 6.92 Å². The summed E-state index contributed by atoms with van der Waals surface area (Å²) in [6.45, 7) is 2.31. The van der Waals surface area contributed by atoms with Crippen molar-refractivity contribution in [1.82, 2.24) is 4.31 Å². The van der Waals surface area contributed by atoms with Crippen LogP contribution < -0.4 is 0 Å². The van der Waals surface area contributed by atoms with Gasteiger partial charge in [0.25, 0.3) is 0 Å². The molecule has 0 radical (unpaired) electrons. The molecule has 1 aliphatic rings. The van der Waals surface area contributed by atoms with Crippen LogP contribution in [0.25, 0.3) is 0 Å². The first-order valence-electron chi connectivity index (χ1n) is 6.33. The Labute approximate surface area is 108 Å². The molecule has 1 aromatic rings. The number of nitrogens with zero attached hydrogens (tertiary/aromatic N) is 1. The molecule has 0 saturated heterocycles. The van der Waals surface area contributed by atoms with Gasteiger partial charge in [-0.15, -0.1) is 0 Å². The molecule has 1 fully saturated rings. The molecule has 3 nitrogen and oxygen atoms in total. The van der Waals surface area contributed by atoms with Crippen molar-refractivity contribution < 1.29 is 12.8 Å². The standard InChI is InChI=1S/C13H18FNO2S/c1-2-15(12-5-3-4-6-12)18(16,17)13-9-7-11(14)8-10-13/h7-10,12H,2-6H2,1H3. The summed E-state index contributed by atoms with van der Waals surface area (Å²) < 4.78 is 39.3. The SMILES string of the molecule is CCN(C1CCCC1)S(=O)(=O)c1ccc(F)cc1. The quantitative estimate of drug-likeness (QED) is 0.844. The van der Waals surface area contributed by atoms with Gasteiger partial charge in [-0.3, -0.25) is 0 Å². The summed E-state index contributed by atoms with van der Waals surface area (Å²) in [5.74, 6) is -0.419. The zero-order valence-corrected chi connectivity index (χ0v) is 11.3. The molecule has 0 amide bonds. The van der Waals surface area contributed by atoms with Gasteiger partial charge in [0.05, 0.1) is 4.90 Å². The normalized spacial score (nSPS) is 17.5. The number of hydrogen-bond acceptors (Lipinski definition) is 2. The van der Waals surface area contributed by atoms with E-state index in [-0.39, 0.29) is 10.9 Å². The van der Waals surface area contributed by atoms with Gasteiger partial charge >= 0.3 is 0 Å². The van der Waals surface area contributed by atoms with Gasteiger partial charge in [-0.25, -0.2) is 12.8 Å². The smallest absolute Gasteiger partial charge is 0.207 e. The molecular formula is C13H18FNO2S. The van der Waals surface area contributed by atoms with E-state index < -0.39 is 15.8 Å². The fourth-order valence-electron chi connectivity index (χ4n) is 2.56. The number of rotatable bonds is 4. The molecule has 0 spiro atoms. The monoisotopic (exact) mass is 271 g/mol. The molecule has 0 aliphatic heterocycles. The van der Waals surface area contributed by atoms with Gasteiger partial charge in [0.15, 0.2) is 0 Å². The van der Waals surface area contributed by atoms with Gasteiger partial charge in [0.2, 0.25) is 10.0 Å². The summed E-state index contributed by atoms with van der Waals surface area (Å²) in [5, 5.41) is 0. The molecule has 0 unspecified atom stereocenters. The number of sulfonamides is 1. The molecule has 18 heavy (non-hydrogen) atoms. The molecule has 2 rings (SSSR count). The number of halogens is 1. The number of benzene rings is 1. The van der Waals surface area contributed by atoms with Crippen LogP contribution in [0, 0.1) is 5.82 Å². The van der Waals surface area contributed by atoms with Gasteiger partial charge in [0, 0.05) is 12.6 Å². The Morgan fingerprint density at radius 1 is 1.22 bits per heavy atom. The van der Waals surface area contributed by atoms with Crippen molar-refractivity contribution in [2.45, 2.75) is 43.5 Å². The van der Waals surface area contributed by atoms with Crippen LogP contribution in [-0.2, 0) is 10.0 Å². The third-order valence-corrected chi connectivity index (χ3v) is 5.51. The van der Waals surface area contributed by atoms with Crippen molar-refractivity contribution in [2.24, 2.45) is 0 Å². The minimum absolute atomic E-state index is 0.102. The zero-order valence-electron chi connectivity index (χ0n) is 10.5. The van der Waals surface area contributed by atoms with Crippen LogP contribution >= 0.6 is 0 Å². The maximum Gasteiger partial charge on any atom is 0.243 e. The first-order chi connectivity index (χ1) is 8.55. The summed E-state index contributed by atoms with van der Waals surface area (Å²) in [6.07, 6.45) is 4.02. The lowest BCUT2D eigenvalue weighted by Crippen LogP contribution is -2.38. The van der Waals surface area contributed by atoms with Gasteiger partial charge in [-0.1, -0.05) is 19.8 Å². The van der Waals surface area contributed by atoms with Gasteiger partial charge in [0.1, 0.15) is 5.82 Å². The minimum Gasteiger partial charge on any atom is -0.207 e. The first-order valence-corrected chi connectivity index (χ1v) is 7.77. The maximum absolute atomic E-state index is 12.9. The van der Waals surface area contributed by atoms with Crippen molar-refractivity contribution in [3.8, 4) is 0 Å². The second-order valence-corrected chi connectivity index (χ2v) is 6.49. The van der Waals surface area contributed by atoms with Crippen LogP contribution in [0.4, 0.5) is 4.39 Å². The van der Waals surface area contributed by atoms with E-state index in [4.69, 9.17) is 0 Å². The van der Waals surface area contributed by atoms with Crippen molar-refractivity contribution in [1.29, 1.82) is 0 Å². The van der Waals surface area contributed by atoms with Crippen LogP contribution in [0.1, 0.15) is 32.6 Å². The Bertz CT molecular complexity index is 492. The van der Waals surface area contributed by atoms with Gasteiger partial charge in [-0.05, 0) is 37.1 Å². The fraction of sp³-hybridized carbons (Fsp3) is 0.538. The summed E-state index contributed by atoms with van der Waals surface area (Å²) in [7, 11) is -3.48. The molecule has 0 heterocycles. The minimum atomic E-state index is -3.48. The highest BCUT2D eigenvalue weighted by Gasteiger charge is 2.31. The Balaban J connectivity index is 2.30. The van der Waals surface area contributed by atoms with Crippen molar-refractivity contribution in [3.63, 3.8) is 0 Å². The summed E-state index contributed by atoms with van der Waals surface area (Å²) in [6, 6.07) is 5.15. The van der Waals surface area contributed by atoms with Crippen LogP contribution in [0.2, 0.25) is 0 Å². The maximum atomic E-state index is 12.9.